The van der Waals surface area contributed by atoms with Gasteiger partial charge in [0.2, 0.25) is 10.0 Å². The van der Waals surface area contributed by atoms with Gasteiger partial charge in [0.1, 0.15) is 5.75 Å². The van der Waals surface area contributed by atoms with E-state index in [0.29, 0.717) is 28.5 Å². The molecule has 2 aromatic rings. The topological polar surface area (TPSA) is 55.4 Å². The first kappa shape index (κ1) is 17.8. The van der Waals surface area contributed by atoms with Gasteiger partial charge >= 0.3 is 0 Å². The van der Waals surface area contributed by atoms with Crippen LogP contribution in [0.2, 0.25) is 0 Å². The molecule has 23 heavy (non-hydrogen) atoms. The lowest BCUT2D eigenvalue weighted by atomic mass is 10.1. The molecule has 2 aromatic carbocycles. The maximum atomic E-state index is 12.5. The minimum Gasteiger partial charge on any atom is -0.496 e. The maximum absolute atomic E-state index is 12.5. The summed E-state index contributed by atoms with van der Waals surface area (Å²) in [6.45, 7) is 3.99. The van der Waals surface area contributed by atoms with Crippen LogP contribution in [0.3, 0.4) is 0 Å². The predicted molar refractivity (Wildman–Crippen MR) is 94.8 cm³/mol. The van der Waals surface area contributed by atoms with Crippen molar-refractivity contribution < 1.29 is 13.2 Å². The van der Waals surface area contributed by atoms with Gasteiger partial charge in [0, 0.05) is 17.2 Å². The van der Waals surface area contributed by atoms with Crippen molar-refractivity contribution in [3.63, 3.8) is 0 Å². The molecule has 0 aliphatic heterocycles. The summed E-state index contributed by atoms with van der Waals surface area (Å²) in [6, 6.07) is 13.3. The number of sulfonamides is 1. The lowest BCUT2D eigenvalue weighted by molar-refractivity contribution is 0.411. The van der Waals surface area contributed by atoms with E-state index in [1.54, 1.807) is 37.9 Å². The molecule has 2 rings (SSSR count). The standard InChI is InChI=1S/C17H21NO3S2/c1-13-12-17(14(2)11-16(13)21-3)23(19,20)18-9-10-22-15-7-5-4-6-8-15/h4-8,11-12,18H,9-10H2,1-3H3. The second-order valence-electron chi connectivity index (χ2n) is 5.15. The summed E-state index contributed by atoms with van der Waals surface area (Å²) in [5.74, 6) is 1.37. The minimum atomic E-state index is -3.51. The summed E-state index contributed by atoms with van der Waals surface area (Å²) >= 11 is 1.62. The third-order valence-corrected chi connectivity index (χ3v) is 6.00. The van der Waals surface area contributed by atoms with Crippen molar-refractivity contribution in [3.05, 3.63) is 53.6 Å². The van der Waals surface area contributed by atoms with Crippen molar-refractivity contribution in [2.24, 2.45) is 0 Å². The number of methoxy groups -OCH3 is 1. The van der Waals surface area contributed by atoms with Gasteiger partial charge in [-0.1, -0.05) is 18.2 Å². The summed E-state index contributed by atoms with van der Waals surface area (Å²) in [7, 11) is -1.93. The third-order valence-electron chi connectivity index (χ3n) is 3.39. The Morgan fingerprint density at radius 2 is 1.78 bits per heavy atom. The number of benzene rings is 2. The van der Waals surface area contributed by atoms with E-state index in [1.807, 2.05) is 37.3 Å². The van der Waals surface area contributed by atoms with Gasteiger partial charge in [0.15, 0.2) is 0 Å². The van der Waals surface area contributed by atoms with Gasteiger partial charge in [-0.05, 0) is 49.2 Å². The minimum absolute atomic E-state index is 0.306. The van der Waals surface area contributed by atoms with Gasteiger partial charge in [-0.2, -0.15) is 0 Å². The molecule has 0 heterocycles. The van der Waals surface area contributed by atoms with Crippen LogP contribution in [0.25, 0.3) is 0 Å². The Balaban J connectivity index is 2.00. The molecule has 0 atom stereocenters. The van der Waals surface area contributed by atoms with Gasteiger partial charge in [-0.15, -0.1) is 11.8 Å². The highest BCUT2D eigenvalue weighted by molar-refractivity contribution is 7.99. The monoisotopic (exact) mass is 351 g/mol. The Labute approximate surface area is 142 Å². The lowest BCUT2D eigenvalue weighted by Gasteiger charge is -2.12. The van der Waals surface area contributed by atoms with Crippen LogP contribution >= 0.6 is 11.8 Å². The summed E-state index contributed by atoms with van der Waals surface area (Å²) in [4.78, 5) is 1.43. The highest BCUT2D eigenvalue weighted by Crippen LogP contribution is 2.25. The van der Waals surface area contributed by atoms with Gasteiger partial charge < -0.3 is 4.74 Å². The van der Waals surface area contributed by atoms with E-state index >= 15 is 0 Å². The zero-order valence-electron chi connectivity index (χ0n) is 13.5. The Kier molecular flexibility index (Phi) is 6.10. The largest absolute Gasteiger partial charge is 0.496 e. The number of hydrogen-bond acceptors (Lipinski definition) is 4. The molecule has 0 saturated carbocycles. The molecule has 0 amide bonds. The van der Waals surface area contributed by atoms with Crippen LogP contribution in [0.4, 0.5) is 0 Å². The summed E-state index contributed by atoms with van der Waals surface area (Å²) in [6.07, 6.45) is 0. The molecule has 6 heteroatoms. The molecule has 4 nitrogen and oxygen atoms in total. The van der Waals surface area contributed by atoms with Gasteiger partial charge in [-0.25, -0.2) is 13.1 Å². The van der Waals surface area contributed by atoms with Crippen molar-refractivity contribution in [2.75, 3.05) is 19.4 Å². The smallest absolute Gasteiger partial charge is 0.240 e. The summed E-state index contributed by atoms with van der Waals surface area (Å²) in [5.41, 5.74) is 1.48. The van der Waals surface area contributed by atoms with Crippen LogP contribution in [0, 0.1) is 13.8 Å². The molecule has 0 aliphatic carbocycles. The van der Waals surface area contributed by atoms with E-state index in [-0.39, 0.29) is 0 Å². The Bertz CT molecular complexity index is 759. The fraction of sp³-hybridized carbons (Fsp3) is 0.294. The first-order valence-electron chi connectivity index (χ1n) is 7.27. The number of hydrogen-bond donors (Lipinski definition) is 1. The van der Waals surface area contributed by atoms with Crippen LogP contribution in [0.5, 0.6) is 5.75 Å². The normalized spacial score (nSPS) is 11.4. The van der Waals surface area contributed by atoms with E-state index in [0.717, 1.165) is 10.5 Å². The van der Waals surface area contributed by atoms with Gasteiger partial charge in [0.25, 0.3) is 0 Å². The van der Waals surface area contributed by atoms with Crippen LogP contribution in [-0.2, 0) is 10.0 Å². The van der Waals surface area contributed by atoms with Crippen molar-refractivity contribution in [1.29, 1.82) is 0 Å². The highest BCUT2D eigenvalue weighted by Gasteiger charge is 2.18. The fourth-order valence-electron chi connectivity index (χ4n) is 2.21. The molecule has 0 radical (unpaired) electrons. The molecule has 1 N–H and O–H groups in total. The summed E-state index contributed by atoms with van der Waals surface area (Å²) < 4.78 is 32.8. The summed E-state index contributed by atoms with van der Waals surface area (Å²) in [5, 5.41) is 0. The van der Waals surface area contributed by atoms with Crippen LogP contribution in [0.1, 0.15) is 11.1 Å². The lowest BCUT2D eigenvalue weighted by Crippen LogP contribution is -2.26. The Morgan fingerprint density at radius 3 is 2.43 bits per heavy atom. The van der Waals surface area contributed by atoms with Gasteiger partial charge in [-0.3, -0.25) is 0 Å². The van der Waals surface area contributed by atoms with E-state index in [4.69, 9.17) is 4.74 Å². The average Bonchev–Trinajstić information content (AvgIpc) is 2.54. The van der Waals surface area contributed by atoms with Crippen molar-refractivity contribution in [3.8, 4) is 5.75 Å². The molecule has 0 aromatic heterocycles. The second kappa shape index (κ2) is 7.86. The van der Waals surface area contributed by atoms with Crippen molar-refractivity contribution in [2.45, 2.75) is 23.6 Å². The molecule has 0 saturated heterocycles. The number of aryl methyl sites for hydroxylation is 2. The van der Waals surface area contributed by atoms with Crippen molar-refractivity contribution in [1.82, 2.24) is 4.72 Å². The number of nitrogens with one attached hydrogen (secondary N) is 1. The molecule has 0 aliphatic rings. The zero-order valence-corrected chi connectivity index (χ0v) is 15.1. The number of thioether (sulfide) groups is 1. The van der Waals surface area contributed by atoms with Gasteiger partial charge in [0.05, 0.1) is 12.0 Å². The van der Waals surface area contributed by atoms with Crippen LogP contribution in [0.15, 0.2) is 52.3 Å². The molecule has 124 valence electrons. The quantitative estimate of drug-likeness (QED) is 0.614. The Morgan fingerprint density at radius 1 is 1.09 bits per heavy atom. The zero-order chi connectivity index (χ0) is 16.9. The van der Waals surface area contributed by atoms with E-state index in [1.165, 1.54) is 0 Å². The molecular formula is C17H21NO3S2. The maximum Gasteiger partial charge on any atom is 0.240 e. The van der Waals surface area contributed by atoms with E-state index in [2.05, 4.69) is 4.72 Å². The predicted octanol–water partition coefficient (Wildman–Crippen LogP) is 3.38. The molecule has 0 unspecified atom stereocenters. The fourth-order valence-corrected chi connectivity index (χ4v) is 4.47. The Hall–Kier alpha value is -1.50. The van der Waals surface area contributed by atoms with Crippen LogP contribution in [-0.4, -0.2) is 27.8 Å². The third kappa shape index (κ3) is 4.73. The second-order valence-corrected chi connectivity index (χ2v) is 8.05. The highest BCUT2D eigenvalue weighted by atomic mass is 32.2. The molecule has 0 spiro atoms. The number of ether oxygens (including phenoxy) is 1. The SMILES string of the molecule is COc1cc(C)c(S(=O)(=O)NCCSc2ccccc2)cc1C. The molecule has 0 fully saturated rings. The van der Waals surface area contributed by atoms with Crippen molar-refractivity contribution >= 4 is 21.8 Å². The van der Waals surface area contributed by atoms with E-state index in [9.17, 15) is 8.42 Å². The molecule has 0 bridgehead atoms. The first-order chi connectivity index (χ1) is 10.9. The van der Waals surface area contributed by atoms with Crippen LogP contribution < -0.4 is 9.46 Å². The first-order valence-corrected chi connectivity index (χ1v) is 9.73. The van der Waals surface area contributed by atoms with E-state index < -0.39 is 10.0 Å². The number of rotatable bonds is 7. The molecular weight excluding hydrogens is 330 g/mol. The average molecular weight is 351 g/mol.